The summed E-state index contributed by atoms with van der Waals surface area (Å²) >= 11 is 0. The third-order valence-corrected chi connectivity index (χ3v) is 1.61. The van der Waals surface area contributed by atoms with E-state index in [1.165, 1.54) is 13.1 Å². The molecule has 0 fully saturated rings. The van der Waals surface area contributed by atoms with Gasteiger partial charge in [-0.3, -0.25) is 4.79 Å². The minimum Gasteiger partial charge on any atom is -0.481 e. The van der Waals surface area contributed by atoms with Crippen molar-refractivity contribution in [2.24, 2.45) is 0 Å². The normalized spacial score (nSPS) is 12.8. The fourth-order valence-electron chi connectivity index (χ4n) is 0.800. The molecule has 1 rings (SSSR count). The summed E-state index contributed by atoms with van der Waals surface area (Å²) in [5, 5.41) is 8.58. The van der Waals surface area contributed by atoms with Crippen molar-refractivity contribution in [1.82, 2.24) is 9.97 Å². The number of carbonyl (C=O) groups is 1. The Hall–Kier alpha value is -1.39. The molecule has 0 bridgehead atoms. The van der Waals surface area contributed by atoms with Gasteiger partial charge in [-0.15, -0.1) is 0 Å². The summed E-state index contributed by atoms with van der Waals surface area (Å²) in [5.41, 5.74) is 0.426. The maximum absolute atomic E-state index is 12.0. The van der Waals surface area contributed by atoms with Gasteiger partial charge in [-0.25, -0.2) is 9.37 Å². The van der Waals surface area contributed by atoms with Crippen molar-refractivity contribution in [3.05, 3.63) is 17.7 Å². The molecule has 0 aromatic carbocycles. The van der Waals surface area contributed by atoms with Crippen LogP contribution >= 0.6 is 0 Å². The molecule has 12 heavy (non-hydrogen) atoms. The molecular formula is C7H9FN2O2. The molecule has 2 N–H and O–H groups in total. The highest BCUT2D eigenvalue weighted by molar-refractivity contribution is 5.74. The van der Waals surface area contributed by atoms with Crippen molar-refractivity contribution in [2.75, 3.05) is 0 Å². The van der Waals surface area contributed by atoms with Gasteiger partial charge in [0.25, 0.3) is 0 Å². The van der Waals surface area contributed by atoms with Gasteiger partial charge in [-0.05, 0) is 6.92 Å². The molecule has 66 valence electrons. The van der Waals surface area contributed by atoms with Crippen molar-refractivity contribution in [1.29, 1.82) is 0 Å². The minimum atomic E-state index is -0.955. The maximum atomic E-state index is 12.0. The zero-order valence-electron chi connectivity index (χ0n) is 6.54. The summed E-state index contributed by atoms with van der Waals surface area (Å²) in [5.74, 6) is -1.46. The van der Waals surface area contributed by atoms with E-state index >= 15 is 0 Å². The van der Waals surface area contributed by atoms with Gasteiger partial charge in [-0.2, -0.15) is 0 Å². The Morgan fingerprint density at radius 1 is 1.92 bits per heavy atom. The largest absolute Gasteiger partial charge is 0.481 e. The first-order valence-corrected chi connectivity index (χ1v) is 3.47. The smallest absolute Gasteiger partial charge is 0.312 e. The summed E-state index contributed by atoms with van der Waals surface area (Å²) < 4.78 is 12.0. The number of rotatable bonds is 3. The van der Waals surface area contributed by atoms with E-state index in [4.69, 9.17) is 5.11 Å². The van der Waals surface area contributed by atoms with E-state index in [1.54, 1.807) is 0 Å². The SMILES string of the molecule is CC(C(=O)O)c1cnc(CF)[nH]1. The Kier molecular flexibility index (Phi) is 2.42. The van der Waals surface area contributed by atoms with E-state index < -0.39 is 18.6 Å². The molecule has 0 saturated heterocycles. The zero-order valence-corrected chi connectivity index (χ0v) is 6.54. The van der Waals surface area contributed by atoms with E-state index in [0.29, 0.717) is 5.69 Å². The lowest BCUT2D eigenvalue weighted by molar-refractivity contribution is -0.138. The summed E-state index contributed by atoms with van der Waals surface area (Å²) in [7, 11) is 0. The van der Waals surface area contributed by atoms with Gasteiger partial charge < -0.3 is 10.1 Å². The number of carboxylic acid groups (broad SMARTS) is 1. The number of nitrogens with zero attached hydrogens (tertiary/aromatic N) is 1. The number of halogens is 1. The number of aromatic nitrogens is 2. The van der Waals surface area contributed by atoms with Gasteiger partial charge in [0.2, 0.25) is 0 Å². The van der Waals surface area contributed by atoms with E-state index in [-0.39, 0.29) is 5.82 Å². The van der Waals surface area contributed by atoms with Crippen LogP contribution in [0, 0.1) is 0 Å². The number of aliphatic carboxylic acids is 1. The van der Waals surface area contributed by atoms with Gasteiger partial charge in [0.15, 0.2) is 0 Å². The Bertz CT molecular complexity index is 285. The first kappa shape index (κ1) is 8.70. The number of aromatic amines is 1. The highest BCUT2D eigenvalue weighted by Gasteiger charge is 2.15. The fraction of sp³-hybridized carbons (Fsp3) is 0.429. The average molecular weight is 172 g/mol. The van der Waals surface area contributed by atoms with Crippen molar-refractivity contribution in [3.8, 4) is 0 Å². The lowest BCUT2D eigenvalue weighted by Crippen LogP contribution is -2.07. The first-order chi connectivity index (χ1) is 5.65. The Morgan fingerprint density at radius 3 is 3.00 bits per heavy atom. The third-order valence-electron chi connectivity index (χ3n) is 1.61. The van der Waals surface area contributed by atoms with E-state index in [1.807, 2.05) is 0 Å². The molecule has 0 saturated carbocycles. The molecule has 0 spiro atoms. The molecule has 1 atom stereocenters. The molecule has 0 radical (unpaired) electrons. The lowest BCUT2D eigenvalue weighted by Gasteiger charge is -2.00. The number of hydrogen-bond acceptors (Lipinski definition) is 2. The quantitative estimate of drug-likeness (QED) is 0.716. The predicted molar refractivity (Wildman–Crippen MR) is 39.5 cm³/mol. The van der Waals surface area contributed by atoms with E-state index in [9.17, 15) is 9.18 Å². The second-order valence-electron chi connectivity index (χ2n) is 2.48. The maximum Gasteiger partial charge on any atom is 0.312 e. The van der Waals surface area contributed by atoms with E-state index in [2.05, 4.69) is 9.97 Å². The molecule has 0 aliphatic rings. The first-order valence-electron chi connectivity index (χ1n) is 3.47. The van der Waals surface area contributed by atoms with Crippen LogP contribution in [0.15, 0.2) is 6.20 Å². The summed E-state index contributed by atoms with van der Waals surface area (Å²) in [6, 6.07) is 0. The summed E-state index contributed by atoms with van der Waals surface area (Å²) in [6.07, 6.45) is 1.34. The molecule has 4 nitrogen and oxygen atoms in total. The van der Waals surface area contributed by atoms with Crippen molar-refractivity contribution >= 4 is 5.97 Å². The van der Waals surface area contributed by atoms with E-state index in [0.717, 1.165) is 0 Å². The van der Waals surface area contributed by atoms with Gasteiger partial charge in [0.1, 0.15) is 12.5 Å². The van der Waals surface area contributed by atoms with Crippen LogP contribution in [0.25, 0.3) is 0 Å². The number of nitrogens with one attached hydrogen (secondary N) is 1. The van der Waals surface area contributed by atoms with Crippen molar-refractivity contribution < 1.29 is 14.3 Å². The zero-order chi connectivity index (χ0) is 9.14. The van der Waals surface area contributed by atoms with Crippen LogP contribution in [-0.2, 0) is 11.5 Å². The van der Waals surface area contributed by atoms with Gasteiger partial charge in [-0.1, -0.05) is 0 Å². The van der Waals surface area contributed by atoms with Crippen LogP contribution in [0.1, 0.15) is 24.4 Å². The summed E-state index contributed by atoms with van der Waals surface area (Å²) in [6.45, 7) is 0.810. The molecule has 5 heteroatoms. The highest BCUT2D eigenvalue weighted by Crippen LogP contribution is 2.12. The number of alkyl halides is 1. The molecular weight excluding hydrogens is 163 g/mol. The summed E-state index contributed by atoms with van der Waals surface area (Å²) in [4.78, 5) is 16.7. The topological polar surface area (TPSA) is 66.0 Å². The van der Waals surface area contributed by atoms with Crippen LogP contribution < -0.4 is 0 Å². The number of H-pyrrole nitrogens is 1. The van der Waals surface area contributed by atoms with Crippen LogP contribution in [0.5, 0.6) is 0 Å². The van der Waals surface area contributed by atoms with Crippen molar-refractivity contribution in [2.45, 2.75) is 19.5 Å². The number of carboxylic acids is 1. The lowest BCUT2D eigenvalue weighted by atomic mass is 10.1. The standard InChI is InChI=1S/C7H9FN2O2/c1-4(7(11)12)5-3-9-6(2-8)10-5/h3-4H,2H2,1H3,(H,9,10)(H,11,12). The monoisotopic (exact) mass is 172 g/mol. The number of hydrogen-bond donors (Lipinski definition) is 2. The fourth-order valence-corrected chi connectivity index (χ4v) is 0.800. The number of imidazole rings is 1. The molecule has 0 aliphatic carbocycles. The molecule has 1 aromatic rings. The Morgan fingerprint density at radius 2 is 2.58 bits per heavy atom. The molecule has 1 unspecified atom stereocenters. The predicted octanol–water partition coefficient (Wildman–Crippen LogP) is 1.07. The Labute approximate surface area is 68.4 Å². The molecule has 1 aromatic heterocycles. The van der Waals surface area contributed by atoms with Crippen LogP contribution in [0.3, 0.4) is 0 Å². The second kappa shape index (κ2) is 3.34. The van der Waals surface area contributed by atoms with Crippen LogP contribution in [0.2, 0.25) is 0 Å². The average Bonchev–Trinajstić information content (AvgIpc) is 2.50. The molecule has 0 amide bonds. The van der Waals surface area contributed by atoms with Gasteiger partial charge >= 0.3 is 5.97 Å². The molecule has 1 heterocycles. The molecule has 0 aliphatic heterocycles. The van der Waals surface area contributed by atoms with Crippen LogP contribution in [0.4, 0.5) is 4.39 Å². The highest BCUT2D eigenvalue weighted by atomic mass is 19.1. The Balaban J connectivity index is 2.81. The van der Waals surface area contributed by atoms with Crippen LogP contribution in [-0.4, -0.2) is 21.0 Å². The third kappa shape index (κ3) is 1.61. The van der Waals surface area contributed by atoms with Crippen molar-refractivity contribution in [3.63, 3.8) is 0 Å². The van der Waals surface area contributed by atoms with Gasteiger partial charge in [0.05, 0.1) is 5.92 Å². The second-order valence-corrected chi connectivity index (χ2v) is 2.48. The van der Waals surface area contributed by atoms with Gasteiger partial charge in [0, 0.05) is 11.9 Å². The minimum absolute atomic E-state index is 0.165.